The lowest BCUT2D eigenvalue weighted by Crippen LogP contribution is -2.04. The van der Waals surface area contributed by atoms with Crippen molar-refractivity contribution in [2.24, 2.45) is 0 Å². The molecule has 0 fully saturated rings. The van der Waals surface area contributed by atoms with Crippen LogP contribution in [0.3, 0.4) is 0 Å². The standard InChI is InChI=1S/C48H28N4O/c49-27-32-26-43(52-39-16-8-6-14-35(39)36-20-23-45-47(48(36)52)37-15-7-9-17-44(37)53-45)33(28-50)25-42(32)51-40-21-19-31(29-10-2-1-3-11-29)24-38(40)46-34-13-5-4-12-30(34)18-22-41(46)51/h1-8,10-16,18-26H,9,17H2. The number of aromatic nitrogens is 2. The SMILES string of the molecule is N#Cc1cc(-n2c3ccccc3c3ccc4oc5c(c4c32)C=CCC5)c(C#N)cc1-n1c2ccc(-c3ccccc3)cc2c2c3ccccc3ccc21. The van der Waals surface area contributed by atoms with E-state index in [9.17, 15) is 10.5 Å². The van der Waals surface area contributed by atoms with Crippen molar-refractivity contribution in [1.82, 2.24) is 9.13 Å². The van der Waals surface area contributed by atoms with Gasteiger partial charge in [0.2, 0.25) is 0 Å². The number of rotatable bonds is 3. The minimum absolute atomic E-state index is 0.475. The fourth-order valence-electron chi connectivity index (χ4n) is 8.73. The maximum Gasteiger partial charge on any atom is 0.137 e. The quantitative estimate of drug-likeness (QED) is 0.187. The topological polar surface area (TPSA) is 70.6 Å². The van der Waals surface area contributed by atoms with Crippen molar-refractivity contribution in [3.63, 3.8) is 0 Å². The Bertz CT molecular complexity index is 3300. The Morgan fingerprint density at radius 2 is 1.26 bits per heavy atom. The third-order valence-electron chi connectivity index (χ3n) is 11.0. The molecule has 0 aliphatic heterocycles. The number of allylic oxidation sites excluding steroid dienone is 1. The lowest BCUT2D eigenvalue weighted by Gasteiger charge is -2.16. The average Bonchev–Trinajstić information content (AvgIpc) is 3.88. The first-order valence-electron chi connectivity index (χ1n) is 17.9. The average molecular weight is 677 g/mol. The first-order valence-corrected chi connectivity index (χ1v) is 17.9. The molecule has 3 heterocycles. The van der Waals surface area contributed by atoms with Crippen LogP contribution in [0.25, 0.3) is 93.9 Å². The number of furan rings is 1. The van der Waals surface area contributed by atoms with E-state index in [1.807, 2.05) is 30.3 Å². The van der Waals surface area contributed by atoms with Crippen LogP contribution in [0.2, 0.25) is 0 Å². The van der Waals surface area contributed by atoms with Gasteiger partial charge in [0.25, 0.3) is 0 Å². The van der Waals surface area contributed by atoms with Crippen LogP contribution < -0.4 is 0 Å². The molecule has 1 aliphatic rings. The first kappa shape index (κ1) is 29.4. The van der Waals surface area contributed by atoms with E-state index in [0.717, 1.165) is 101 Å². The van der Waals surface area contributed by atoms with Crippen LogP contribution in [0.1, 0.15) is 28.9 Å². The monoisotopic (exact) mass is 676 g/mol. The molecule has 0 saturated carbocycles. The highest BCUT2D eigenvalue weighted by molar-refractivity contribution is 6.22. The van der Waals surface area contributed by atoms with Crippen LogP contribution in [0.4, 0.5) is 0 Å². The number of nitrogens with zero attached hydrogens (tertiary/aromatic N) is 4. The highest BCUT2D eigenvalue weighted by atomic mass is 16.3. The van der Waals surface area contributed by atoms with E-state index in [-0.39, 0.29) is 0 Å². The van der Waals surface area contributed by atoms with Crippen LogP contribution >= 0.6 is 0 Å². The molecule has 0 N–H and O–H groups in total. The normalized spacial score (nSPS) is 12.6. The number of hydrogen-bond donors (Lipinski definition) is 0. The summed E-state index contributed by atoms with van der Waals surface area (Å²) in [5.41, 5.74) is 10.3. The molecule has 0 amide bonds. The van der Waals surface area contributed by atoms with E-state index in [0.29, 0.717) is 22.5 Å². The second-order valence-corrected chi connectivity index (χ2v) is 13.8. The summed E-state index contributed by atoms with van der Waals surface area (Å²) in [7, 11) is 0. The summed E-state index contributed by atoms with van der Waals surface area (Å²) in [5.74, 6) is 0.981. The molecule has 3 aromatic heterocycles. The van der Waals surface area contributed by atoms with Gasteiger partial charge in [-0.3, -0.25) is 0 Å². The van der Waals surface area contributed by atoms with Crippen molar-refractivity contribution < 1.29 is 4.42 Å². The largest absolute Gasteiger partial charge is 0.460 e. The summed E-state index contributed by atoms with van der Waals surface area (Å²) in [6.07, 6.45) is 6.15. The summed E-state index contributed by atoms with van der Waals surface area (Å²) >= 11 is 0. The number of para-hydroxylation sites is 1. The van der Waals surface area contributed by atoms with Gasteiger partial charge in [0.05, 0.1) is 50.0 Å². The third-order valence-corrected chi connectivity index (χ3v) is 11.0. The summed E-state index contributed by atoms with van der Waals surface area (Å²) in [6, 6.07) is 51.0. The fourth-order valence-corrected chi connectivity index (χ4v) is 8.73. The molecule has 0 bridgehead atoms. The summed E-state index contributed by atoms with van der Waals surface area (Å²) in [4.78, 5) is 0. The van der Waals surface area contributed by atoms with Gasteiger partial charge in [-0.15, -0.1) is 0 Å². The van der Waals surface area contributed by atoms with Gasteiger partial charge in [-0.25, -0.2) is 0 Å². The summed E-state index contributed by atoms with van der Waals surface area (Å²) in [6.45, 7) is 0. The fraction of sp³-hybridized carbons (Fsp3) is 0.0417. The van der Waals surface area contributed by atoms with Crippen LogP contribution in [0, 0.1) is 22.7 Å². The molecule has 1 aliphatic carbocycles. The zero-order valence-electron chi connectivity index (χ0n) is 28.5. The van der Waals surface area contributed by atoms with E-state index in [1.165, 1.54) is 0 Å². The van der Waals surface area contributed by atoms with Gasteiger partial charge in [0, 0.05) is 33.5 Å². The number of benzene rings is 7. The smallest absolute Gasteiger partial charge is 0.137 e. The van der Waals surface area contributed by atoms with E-state index in [1.54, 1.807) is 0 Å². The van der Waals surface area contributed by atoms with Gasteiger partial charge >= 0.3 is 0 Å². The Morgan fingerprint density at radius 1 is 0.547 bits per heavy atom. The molecule has 10 aromatic rings. The Hall–Kier alpha value is -7.34. The van der Waals surface area contributed by atoms with Gasteiger partial charge in [-0.2, -0.15) is 10.5 Å². The zero-order chi connectivity index (χ0) is 35.2. The molecule has 5 nitrogen and oxygen atoms in total. The molecule has 11 rings (SSSR count). The minimum Gasteiger partial charge on any atom is -0.460 e. The molecule has 0 radical (unpaired) electrons. The molecular formula is C48H28N4O. The number of hydrogen-bond acceptors (Lipinski definition) is 3. The molecule has 246 valence electrons. The highest BCUT2D eigenvalue weighted by Gasteiger charge is 2.25. The molecule has 5 heteroatoms. The second-order valence-electron chi connectivity index (χ2n) is 13.8. The number of nitriles is 2. The Kier molecular flexibility index (Phi) is 6.14. The molecule has 0 atom stereocenters. The lowest BCUT2D eigenvalue weighted by molar-refractivity contribution is 0.546. The minimum atomic E-state index is 0.475. The van der Waals surface area contributed by atoms with E-state index in [2.05, 4.69) is 137 Å². The summed E-state index contributed by atoms with van der Waals surface area (Å²) < 4.78 is 10.7. The van der Waals surface area contributed by atoms with E-state index >= 15 is 0 Å². The molecule has 0 unspecified atom stereocenters. The predicted molar refractivity (Wildman–Crippen MR) is 215 cm³/mol. The van der Waals surface area contributed by atoms with Crippen molar-refractivity contribution in [2.75, 3.05) is 0 Å². The van der Waals surface area contributed by atoms with Crippen molar-refractivity contribution in [3.05, 3.63) is 162 Å². The maximum absolute atomic E-state index is 11.0. The molecular weight excluding hydrogens is 649 g/mol. The van der Waals surface area contributed by atoms with Crippen LogP contribution in [-0.2, 0) is 6.42 Å². The van der Waals surface area contributed by atoms with Crippen molar-refractivity contribution in [1.29, 1.82) is 10.5 Å². The van der Waals surface area contributed by atoms with Crippen molar-refractivity contribution in [3.8, 4) is 34.6 Å². The van der Waals surface area contributed by atoms with E-state index < -0.39 is 0 Å². The van der Waals surface area contributed by atoms with Crippen LogP contribution in [0.15, 0.2) is 144 Å². The molecule has 0 spiro atoms. The van der Waals surface area contributed by atoms with Gasteiger partial charge in [-0.1, -0.05) is 97.1 Å². The first-order chi connectivity index (χ1) is 26.2. The van der Waals surface area contributed by atoms with Crippen molar-refractivity contribution in [2.45, 2.75) is 12.8 Å². The Labute approximate surface area is 304 Å². The molecule has 0 saturated heterocycles. The predicted octanol–water partition coefficient (Wildman–Crippen LogP) is 12.1. The van der Waals surface area contributed by atoms with Gasteiger partial charge in [0.15, 0.2) is 0 Å². The Balaban J connectivity index is 1.24. The molecule has 53 heavy (non-hydrogen) atoms. The lowest BCUT2D eigenvalue weighted by atomic mass is 10.0. The van der Waals surface area contributed by atoms with Crippen LogP contribution in [0.5, 0.6) is 0 Å². The number of fused-ring (bicyclic) bond motifs is 12. The third kappa shape index (κ3) is 4.11. The molecule has 7 aromatic carbocycles. The summed E-state index contributed by atoms with van der Waals surface area (Å²) in [5, 5.41) is 29.6. The van der Waals surface area contributed by atoms with Crippen molar-refractivity contribution >= 4 is 71.4 Å². The maximum atomic E-state index is 11.0. The van der Waals surface area contributed by atoms with E-state index in [4.69, 9.17) is 4.42 Å². The Morgan fingerprint density at radius 3 is 2.09 bits per heavy atom. The van der Waals surface area contributed by atoms with Gasteiger partial charge in [-0.05, 0) is 76.9 Å². The zero-order valence-corrected chi connectivity index (χ0v) is 28.5. The van der Waals surface area contributed by atoms with Gasteiger partial charge < -0.3 is 13.6 Å². The highest BCUT2D eigenvalue weighted by Crippen LogP contribution is 2.44. The second kappa shape index (κ2) is 11.1. The number of aryl methyl sites for hydroxylation is 1. The van der Waals surface area contributed by atoms with Crippen LogP contribution in [-0.4, -0.2) is 9.13 Å². The van der Waals surface area contributed by atoms with Gasteiger partial charge in [0.1, 0.15) is 23.5 Å².